The number of thiophene rings is 1. The summed E-state index contributed by atoms with van der Waals surface area (Å²) in [4.78, 5) is 33.3. The molecule has 0 fully saturated rings. The monoisotopic (exact) mass is 701 g/mol. The van der Waals surface area contributed by atoms with E-state index in [-0.39, 0.29) is 17.2 Å². The number of nitrogens with zero attached hydrogens (tertiary/aromatic N) is 2. The minimum atomic E-state index is -0.209. The van der Waals surface area contributed by atoms with Crippen molar-refractivity contribution >= 4 is 104 Å². The van der Waals surface area contributed by atoms with Gasteiger partial charge in [0.25, 0.3) is 5.56 Å². The average Bonchev–Trinajstić information content (AvgIpc) is 3.37. The second-order valence-corrected chi connectivity index (χ2v) is 12.7. The van der Waals surface area contributed by atoms with E-state index in [9.17, 15) is 9.59 Å². The number of carbonyl (C=O) groups excluding carboxylic acids is 1. The van der Waals surface area contributed by atoms with E-state index < -0.39 is 0 Å². The van der Waals surface area contributed by atoms with E-state index in [2.05, 4.69) is 53.1 Å². The Kier molecular flexibility index (Phi) is 7.26. The second kappa shape index (κ2) is 10.1. The molecule has 2 heterocycles. The fourth-order valence-corrected chi connectivity index (χ4v) is 8.60. The molecule has 2 aromatic heterocycles. The molecule has 0 saturated carbocycles. The van der Waals surface area contributed by atoms with E-state index in [0.29, 0.717) is 26.9 Å². The SMILES string of the molecule is O=C(CSc1nc2sc3c(c2c(=O)n1-c1ccc(Cl)cc1)CCC3)Nc1c(Br)cc(Br)cc1Br. The minimum Gasteiger partial charge on any atom is -0.323 e. The molecule has 11 heteroatoms. The third-order valence-electron chi connectivity index (χ3n) is 5.40. The highest BCUT2D eigenvalue weighted by atomic mass is 79.9. The number of aryl methyl sites for hydroxylation is 2. The zero-order valence-electron chi connectivity index (χ0n) is 17.3. The maximum atomic E-state index is 13.7. The highest BCUT2D eigenvalue weighted by molar-refractivity contribution is 9.11. The lowest BCUT2D eigenvalue weighted by atomic mass is 10.2. The number of rotatable bonds is 5. The van der Waals surface area contributed by atoms with Gasteiger partial charge in [-0.05, 0) is 93.1 Å². The molecule has 5 nitrogen and oxygen atoms in total. The molecule has 4 aromatic rings. The van der Waals surface area contributed by atoms with Crippen molar-refractivity contribution in [3.05, 3.63) is 75.6 Å². The number of carbonyl (C=O) groups is 1. The molecule has 0 bridgehead atoms. The fourth-order valence-electron chi connectivity index (χ4n) is 3.91. The van der Waals surface area contributed by atoms with Crippen molar-refractivity contribution in [2.24, 2.45) is 0 Å². The van der Waals surface area contributed by atoms with Crippen LogP contribution < -0.4 is 10.9 Å². The Morgan fingerprint density at radius 2 is 1.85 bits per heavy atom. The third kappa shape index (κ3) is 4.77. The summed E-state index contributed by atoms with van der Waals surface area (Å²) in [7, 11) is 0. The molecular weight excluding hydrogens is 690 g/mol. The fraction of sp³-hybridized carbons (Fsp3) is 0.174. The Morgan fingerprint density at radius 1 is 1.15 bits per heavy atom. The van der Waals surface area contributed by atoms with Crippen LogP contribution in [0.4, 0.5) is 5.69 Å². The number of benzene rings is 2. The van der Waals surface area contributed by atoms with E-state index in [1.54, 1.807) is 40.2 Å². The molecule has 34 heavy (non-hydrogen) atoms. The van der Waals surface area contributed by atoms with Gasteiger partial charge in [0.2, 0.25) is 5.91 Å². The first kappa shape index (κ1) is 24.5. The van der Waals surface area contributed by atoms with Crippen LogP contribution in [-0.4, -0.2) is 21.2 Å². The van der Waals surface area contributed by atoms with Crippen LogP contribution in [0.2, 0.25) is 5.02 Å². The Bertz CT molecular complexity index is 1480. The van der Waals surface area contributed by atoms with E-state index in [1.165, 1.54) is 16.6 Å². The summed E-state index contributed by atoms with van der Waals surface area (Å²) in [6, 6.07) is 10.8. The molecule has 0 unspecified atom stereocenters. The summed E-state index contributed by atoms with van der Waals surface area (Å²) in [5.41, 5.74) is 2.33. The van der Waals surface area contributed by atoms with Crippen molar-refractivity contribution in [3.63, 3.8) is 0 Å². The maximum Gasteiger partial charge on any atom is 0.267 e. The first-order chi connectivity index (χ1) is 16.3. The van der Waals surface area contributed by atoms with Gasteiger partial charge in [-0.2, -0.15) is 0 Å². The van der Waals surface area contributed by atoms with Crippen molar-refractivity contribution in [2.75, 3.05) is 11.1 Å². The van der Waals surface area contributed by atoms with Gasteiger partial charge < -0.3 is 5.32 Å². The largest absolute Gasteiger partial charge is 0.323 e. The average molecular weight is 705 g/mol. The van der Waals surface area contributed by atoms with E-state index in [0.717, 1.165) is 43.1 Å². The van der Waals surface area contributed by atoms with Crippen LogP contribution >= 0.6 is 82.5 Å². The summed E-state index contributed by atoms with van der Waals surface area (Å²) in [5.74, 6) is -0.120. The normalized spacial score (nSPS) is 12.8. The van der Waals surface area contributed by atoms with E-state index in [1.807, 2.05) is 12.1 Å². The van der Waals surface area contributed by atoms with Gasteiger partial charge in [-0.25, -0.2) is 4.98 Å². The van der Waals surface area contributed by atoms with E-state index in [4.69, 9.17) is 16.6 Å². The number of anilines is 1. The minimum absolute atomic E-state index is 0.0889. The molecular formula is C23H15Br3ClN3O2S2. The van der Waals surface area contributed by atoms with Crippen LogP contribution in [0.1, 0.15) is 16.9 Å². The number of halogens is 4. The van der Waals surface area contributed by atoms with Crippen LogP contribution in [0.15, 0.2) is 59.8 Å². The zero-order chi connectivity index (χ0) is 24.0. The summed E-state index contributed by atoms with van der Waals surface area (Å²) in [6.45, 7) is 0. The molecule has 5 rings (SSSR count). The summed E-state index contributed by atoms with van der Waals surface area (Å²) >= 11 is 19.3. The van der Waals surface area contributed by atoms with Crippen molar-refractivity contribution in [1.29, 1.82) is 0 Å². The highest BCUT2D eigenvalue weighted by Crippen LogP contribution is 2.37. The smallest absolute Gasteiger partial charge is 0.267 e. The summed E-state index contributed by atoms with van der Waals surface area (Å²) in [6.07, 6.45) is 2.95. The van der Waals surface area contributed by atoms with Crippen LogP contribution in [0.5, 0.6) is 0 Å². The summed E-state index contributed by atoms with van der Waals surface area (Å²) < 4.78 is 3.97. The van der Waals surface area contributed by atoms with Gasteiger partial charge >= 0.3 is 0 Å². The van der Waals surface area contributed by atoms with Crippen molar-refractivity contribution < 1.29 is 4.79 Å². The highest BCUT2D eigenvalue weighted by Gasteiger charge is 2.24. The van der Waals surface area contributed by atoms with Gasteiger partial charge in [-0.15, -0.1) is 11.3 Å². The molecule has 0 spiro atoms. The molecule has 0 aliphatic heterocycles. The van der Waals surface area contributed by atoms with Crippen molar-refractivity contribution in [3.8, 4) is 5.69 Å². The van der Waals surface area contributed by atoms with Gasteiger partial charge in [-0.1, -0.05) is 39.3 Å². The standard InChI is InChI=1S/C23H15Br3ClN3O2S2/c24-11-8-15(25)20(16(26)9-11)28-18(31)10-33-23-29-21-19(14-2-1-3-17(14)34-21)22(32)30(23)13-6-4-12(27)5-7-13/h4-9H,1-3,10H2,(H,28,31). The predicted molar refractivity (Wildman–Crippen MR) is 151 cm³/mol. The predicted octanol–water partition coefficient (Wildman–Crippen LogP) is 7.61. The van der Waals surface area contributed by atoms with E-state index >= 15 is 0 Å². The quantitative estimate of drug-likeness (QED) is 0.172. The molecule has 1 aliphatic carbocycles. The van der Waals surface area contributed by atoms with Gasteiger partial charge in [0.05, 0.1) is 22.5 Å². The molecule has 0 saturated heterocycles. The van der Waals surface area contributed by atoms with Gasteiger partial charge in [-0.3, -0.25) is 14.2 Å². The topological polar surface area (TPSA) is 64.0 Å². The van der Waals surface area contributed by atoms with Crippen LogP contribution in [0.25, 0.3) is 15.9 Å². The first-order valence-corrected chi connectivity index (χ1v) is 14.8. The zero-order valence-corrected chi connectivity index (χ0v) is 24.5. The van der Waals surface area contributed by atoms with Crippen LogP contribution in [-0.2, 0) is 17.6 Å². The Labute approximate surface area is 233 Å². The Hall–Kier alpha value is -1.17. The molecule has 0 radical (unpaired) electrons. The molecule has 1 amide bonds. The molecule has 1 N–H and O–H groups in total. The molecule has 1 aliphatic rings. The third-order valence-corrected chi connectivity index (χ3v) is 9.48. The number of hydrogen-bond acceptors (Lipinski definition) is 5. The molecule has 174 valence electrons. The first-order valence-electron chi connectivity index (χ1n) is 10.2. The second-order valence-electron chi connectivity index (χ2n) is 7.63. The lowest BCUT2D eigenvalue weighted by Crippen LogP contribution is -2.23. The van der Waals surface area contributed by atoms with Crippen molar-refractivity contribution in [1.82, 2.24) is 9.55 Å². The Morgan fingerprint density at radius 3 is 2.56 bits per heavy atom. The van der Waals surface area contributed by atoms with Crippen LogP contribution in [0, 0.1) is 0 Å². The number of hydrogen-bond donors (Lipinski definition) is 1. The number of fused-ring (bicyclic) bond motifs is 3. The van der Waals surface area contributed by atoms with Gasteiger partial charge in [0.15, 0.2) is 5.16 Å². The lowest BCUT2D eigenvalue weighted by molar-refractivity contribution is -0.113. The molecule has 0 atom stereocenters. The van der Waals surface area contributed by atoms with Gasteiger partial charge in [0, 0.05) is 23.3 Å². The van der Waals surface area contributed by atoms with Gasteiger partial charge in [0.1, 0.15) is 4.83 Å². The Balaban J connectivity index is 1.50. The number of nitrogens with one attached hydrogen (secondary N) is 1. The lowest BCUT2D eigenvalue weighted by Gasteiger charge is -2.13. The number of thioether (sulfide) groups is 1. The van der Waals surface area contributed by atoms with Crippen LogP contribution in [0.3, 0.4) is 0 Å². The summed E-state index contributed by atoms with van der Waals surface area (Å²) in [5, 5.41) is 4.68. The van der Waals surface area contributed by atoms with Crippen molar-refractivity contribution in [2.45, 2.75) is 24.4 Å². The number of amides is 1. The maximum absolute atomic E-state index is 13.7. The molecule has 2 aromatic carbocycles. The number of aromatic nitrogens is 2.